The van der Waals surface area contributed by atoms with Crippen LogP contribution in [0.1, 0.15) is 25.6 Å². The van der Waals surface area contributed by atoms with E-state index in [4.69, 9.17) is 0 Å². The second-order valence-corrected chi connectivity index (χ2v) is 6.88. The van der Waals surface area contributed by atoms with Gasteiger partial charge in [0.25, 0.3) is 10.0 Å². The van der Waals surface area contributed by atoms with E-state index in [1.165, 1.54) is 6.92 Å². The molecule has 0 amide bonds. The molecule has 0 radical (unpaired) electrons. The third-order valence-electron chi connectivity index (χ3n) is 2.53. The molecule has 22 heavy (non-hydrogen) atoms. The Labute approximate surface area is 129 Å². The number of aliphatic carboxylic acids is 1. The molecule has 122 valence electrons. The van der Waals surface area contributed by atoms with Gasteiger partial charge in [-0.25, -0.2) is 22.7 Å². The van der Waals surface area contributed by atoms with Gasteiger partial charge in [0.2, 0.25) is 0 Å². The molecule has 0 aliphatic carbocycles. The maximum atomic E-state index is 12.1. The molecule has 9 nitrogen and oxygen atoms in total. The molecule has 0 aliphatic rings. The molecule has 1 aromatic rings. The second-order valence-electron chi connectivity index (χ2n) is 3.90. The molecule has 0 spiro atoms. The standard InChI is InChI=1S/C11H13NO8S2/c1-5-7(9(15)19-2)11(21-8(5)10(16)20-3)22(17,18)12-4-6(13)14/h12H,4H2,1-3H3,(H,13,14)/p-1. The van der Waals surface area contributed by atoms with Gasteiger partial charge in [-0.1, -0.05) is 0 Å². The zero-order valence-electron chi connectivity index (χ0n) is 11.8. The molecule has 11 heteroatoms. The first kappa shape index (κ1) is 18.1. The number of carbonyl (C=O) groups is 3. The molecular weight excluding hydrogens is 338 g/mol. The number of methoxy groups -OCH3 is 2. The van der Waals surface area contributed by atoms with E-state index in [-0.39, 0.29) is 16.0 Å². The van der Waals surface area contributed by atoms with Crippen molar-refractivity contribution in [2.24, 2.45) is 0 Å². The average Bonchev–Trinajstić information content (AvgIpc) is 2.82. The Balaban J connectivity index is 3.48. The first-order valence-electron chi connectivity index (χ1n) is 5.65. The highest BCUT2D eigenvalue weighted by molar-refractivity contribution is 7.91. The van der Waals surface area contributed by atoms with Crippen molar-refractivity contribution in [1.82, 2.24) is 4.72 Å². The van der Waals surface area contributed by atoms with Gasteiger partial charge in [0.1, 0.15) is 4.88 Å². The molecule has 1 heterocycles. The van der Waals surface area contributed by atoms with E-state index in [0.29, 0.717) is 11.3 Å². The fourth-order valence-electron chi connectivity index (χ4n) is 1.52. The first-order chi connectivity index (χ1) is 10.2. The van der Waals surface area contributed by atoms with Gasteiger partial charge in [-0.15, -0.1) is 11.3 Å². The SMILES string of the molecule is COC(=O)c1sc(S(=O)(=O)NCC(=O)[O-])c(C(=O)OC)c1C. The minimum atomic E-state index is -4.35. The topological polar surface area (TPSA) is 139 Å². The minimum Gasteiger partial charge on any atom is -0.549 e. The van der Waals surface area contributed by atoms with Gasteiger partial charge < -0.3 is 19.4 Å². The van der Waals surface area contributed by atoms with Crippen molar-refractivity contribution in [2.45, 2.75) is 11.1 Å². The highest BCUT2D eigenvalue weighted by Gasteiger charge is 2.32. The van der Waals surface area contributed by atoms with Crippen LogP contribution >= 0.6 is 11.3 Å². The Morgan fingerprint density at radius 1 is 1.18 bits per heavy atom. The fraction of sp³-hybridized carbons (Fsp3) is 0.364. The molecule has 0 bridgehead atoms. The van der Waals surface area contributed by atoms with E-state index in [2.05, 4.69) is 9.47 Å². The van der Waals surface area contributed by atoms with Crippen LogP contribution in [0, 0.1) is 6.92 Å². The number of carboxylic acid groups (broad SMARTS) is 1. The lowest BCUT2D eigenvalue weighted by Gasteiger charge is -2.07. The van der Waals surface area contributed by atoms with Crippen LogP contribution < -0.4 is 9.83 Å². The van der Waals surface area contributed by atoms with Gasteiger partial charge in [-0.2, -0.15) is 0 Å². The molecule has 0 aromatic carbocycles. The molecule has 0 atom stereocenters. The number of hydrogen-bond acceptors (Lipinski definition) is 9. The van der Waals surface area contributed by atoms with Crippen molar-refractivity contribution in [1.29, 1.82) is 0 Å². The van der Waals surface area contributed by atoms with Gasteiger partial charge in [0, 0.05) is 0 Å². The second kappa shape index (κ2) is 6.85. The normalized spacial score (nSPS) is 11.0. The van der Waals surface area contributed by atoms with Crippen molar-refractivity contribution < 1.29 is 37.4 Å². The molecular formula is C11H12NO8S2-. The Kier molecular flexibility index (Phi) is 5.63. The molecule has 0 saturated carbocycles. The number of carbonyl (C=O) groups excluding carboxylic acids is 3. The summed E-state index contributed by atoms with van der Waals surface area (Å²) in [7, 11) is -2.20. The summed E-state index contributed by atoms with van der Waals surface area (Å²) in [5.41, 5.74) is -0.281. The van der Waals surface area contributed by atoms with Crippen molar-refractivity contribution in [3.63, 3.8) is 0 Å². The van der Waals surface area contributed by atoms with Gasteiger partial charge in [-0.3, -0.25) is 0 Å². The highest BCUT2D eigenvalue weighted by Crippen LogP contribution is 2.32. The molecule has 0 fully saturated rings. The van der Waals surface area contributed by atoms with Crippen molar-refractivity contribution in [2.75, 3.05) is 20.8 Å². The van der Waals surface area contributed by atoms with Crippen LogP contribution in [0.4, 0.5) is 0 Å². The number of sulfonamides is 1. The van der Waals surface area contributed by atoms with E-state index in [1.54, 1.807) is 4.72 Å². The summed E-state index contributed by atoms with van der Waals surface area (Å²) in [5, 5.41) is 10.4. The summed E-state index contributed by atoms with van der Waals surface area (Å²) in [6, 6.07) is 0. The van der Waals surface area contributed by atoms with E-state index < -0.39 is 38.7 Å². The summed E-state index contributed by atoms with van der Waals surface area (Å²) in [4.78, 5) is 33.7. The summed E-state index contributed by atoms with van der Waals surface area (Å²) in [6.07, 6.45) is 0. The molecule has 1 N–H and O–H groups in total. The Hall–Kier alpha value is -1.98. The van der Waals surface area contributed by atoms with Crippen LogP contribution in [0.3, 0.4) is 0 Å². The third-order valence-corrected chi connectivity index (χ3v) is 5.72. The highest BCUT2D eigenvalue weighted by atomic mass is 32.2. The number of esters is 2. The molecule has 0 saturated heterocycles. The lowest BCUT2D eigenvalue weighted by atomic mass is 10.2. The number of hydrogen-bond donors (Lipinski definition) is 1. The van der Waals surface area contributed by atoms with Crippen LogP contribution in [-0.4, -0.2) is 47.1 Å². The average molecular weight is 350 g/mol. The van der Waals surface area contributed by atoms with Crippen molar-refractivity contribution in [3.8, 4) is 0 Å². The molecule has 0 aliphatic heterocycles. The van der Waals surface area contributed by atoms with E-state index >= 15 is 0 Å². The van der Waals surface area contributed by atoms with Crippen LogP contribution in [0.25, 0.3) is 0 Å². The number of ether oxygens (including phenoxy) is 2. The summed E-state index contributed by atoms with van der Waals surface area (Å²) in [6.45, 7) is 0.375. The summed E-state index contributed by atoms with van der Waals surface area (Å²) >= 11 is 0.482. The maximum Gasteiger partial charge on any atom is 0.348 e. The van der Waals surface area contributed by atoms with Crippen LogP contribution in [0.2, 0.25) is 0 Å². The van der Waals surface area contributed by atoms with Crippen LogP contribution in [0.15, 0.2) is 4.21 Å². The van der Waals surface area contributed by atoms with Gasteiger partial charge in [0.15, 0.2) is 4.21 Å². The fourth-order valence-corrected chi connectivity index (χ4v) is 4.28. The predicted molar refractivity (Wildman–Crippen MR) is 71.9 cm³/mol. The zero-order valence-corrected chi connectivity index (χ0v) is 13.4. The quantitative estimate of drug-likeness (QED) is 0.622. The Morgan fingerprint density at radius 3 is 2.18 bits per heavy atom. The smallest absolute Gasteiger partial charge is 0.348 e. The first-order valence-corrected chi connectivity index (χ1v) is 7.95. The minimum absolute atomic E-state index is 0.0672. The molecule has 1 rings (SSSR count). The van der Waals surface area contributed by atoms with Gasteiger partial charge in [-0.05, 0) is 12.5 Å². The largest absolute Gasteiger partial charge is 0.549 e. The number of nitrogens with one attached hydrogen (secondary N) is 1. The molecule has 1 aromatic heterocycles. The van der Waals surface area contributed by atoms with Gasteiger partial charge >= 0.3 is 11.9 Å². The van der Waals surface area contributed by atoms with E-state index in [9.17, 15) is 27.9 Å². The van der Waals surface area contributed by atoms with E-state index in [1.807, 2.05) is 0 Å². The van der Waals surface area contributed by atoms with Crippen molar-refractivity contribution in [3.05, 3.63) is 16.0 Å². The number of carboxylic acids is 1. The van der Waals surface area contributed by atoms with Gasteiger partial charge in [0.05, 0.1) is 32.3 Å². The Bertz CT molecular complexity index is 719. The number of thiophene rings is 1. The molecule has 0 unspecified atom stereocenters. The van der Waals surface area contributed by atoms with Crippen molar-refractivity contribution >= 4 is 39.3 Å². The zero-order chi connectivity index (χ0) is 17.1. The summed E-state index contributed by atoms with van der Waals surface area (Å²) in [5.74, 6) is -3.45. The number of rotatable bonds is 6. The van der Waals surface area contributed by atoms with E-state index in [0.717, 1.165) is 14.2 Å². The third kappa shape index (κ3) is 3.61. The summed E-state index contributed by atoms with van der Waals surface area (Å²) < 4.78 is 34.4. The monoisotopic (exact) mass is 350 g/mol. The lowest BCUT2D eigenvalue weighted by Crippen LogP contribution is -2.37. The lowest BCUT2D eigenvalue weighted by molar-refractivity contribution is -0.303. The van der Waals surface area contributed by atoms with Crippen LogP contribution in [-0.2, 0) is 24.3 Å². The maximum absolute atomic E-state index is 12.1. The van der Waals surface area contributed by atoms with Crippen LogP contribution in [0.5, 0.6) is 0 Å². The Morgan fingerprint density at radius 2 is 1.73 bits per heavy atom. The predicted octanol–water partition coefficient (Wildman–Crippen LogP) is -1.34.